The Balaban J connectivity index is 2.45. The number of nitrogens with zero attached hydrogens (tertiary/aromatic N) is 2. The van der Waals surface area contributed by atoms with Crippen molar-refractivity contribution in [1.29, 1.82) is 0 Å². The van der Waals surface area contributed by atoms with E-state index in [9.17, 15) is 18.4 Å². The number of aromatic nitrogens is 2. The zero-order valence-corrected chi connectivity index (χ0v) is 10.9. The molecule has 0 aliphatic carbocycles. The average molecular weight is 280 g/mol. The number of hydrogen-bond acceptors (Lipinski definition) is 2. The van der Waals surface area contributed by atoms with Crippen LogP contribution in [0.5, 0.6) is 0 Å². The minimum absolute atomic E-state index is 0.224. The summed E-state index contributed by atoms with van der Waals surface area (Å²) in [6.45, 7) is 1.05. The van der Waals surface area contributed by atoms with Crippen molar-refractivity contribution in [2.75, 3.05) is 0 Å². The predicted octanol–water partition coefficient (Wildman–Crippen LogP) is 1.82. The Bertz CT molecular complexity index is 705. The van der Waals surface area contributed by atoms with E-state index >= 15 is 0 Å². The molecule has 1 aromatic heterocycles. The van der Waals surface area contributed by atoms with E-state index < -0.39 is 23.7 Å². The minimum Gasteiger partial charge on any atom is -0.301 e. The van der Waals surface area contributed by atoms with Crippen molar-refractivity contribution >= 4 is 0 Å². The number of benzene rings is 1. The van der Waals surface area contributed by atoms with E-state index in [1.165, 1.54) is 35.0 Å². The molecule has 6 heteroatoms. The predicted molar refractivity (Wildman–Crippen MR) is 71.0 cm³/mol. The van der Waals surface area contributed by atoms with Crippen molar-refractivity contribution in [2.24, 2.45) is 0 Å². The molecule has 0 spiro atoms. The van der Waals surface area contributed by atoms with E-state index in [1.54, 1.807) is 13.0 Å². The zero-order chi connectivity index (χ0) is 14.8. The number of rotatable bonds is 4. The highest BCUT2D eigenvalue weighted by Gasteiger charge is 2.33. The van der Waals surface area contributed by atoms with E-state index in [0.29, 0.717) is 11.1 Å². The summed E-state index contributed by atoms with van der Waals surface area (Å²) in [5.41, 5.74) is -1.68. The third-order valence-electron chi connectivity index (χ3n) is 3.03. The van der Waals surface area contributed by atoms with Gasteiger partial charge in [0.15, 0.2) is 0 Å². The lowest BCUT2D eigenvalue weighted by molar-refractivity contribution is -0.0246. The van der Waals surface area contributed by atoms with Crippen LogP contribution in [0.4, 0.5) is 8.78 Å². The standard InChI is InChI=1S/C14H14F2N2O2/c1-2-17-9-8-12(19)18(13(17)20)10-14(15,16)11-6-4-3-5-7-11/h3-9H,2,10H2,1H3. The average Bonchev–Trinajstić information content (AvgIpc) is 2.45. The first-order valence-electron chi connectivity index (χ1n) is 6.19. The maximum atomic E-state index is 14.1. The van der Waals surface area contributed by atoms with E-state index in [4.69, 9.17) is 0 Å². The van der Waals surface area contributed by atoms with Crippen molar-refractivity contribution in [3.63, 3.8) is 0 Å². The van der Waals surface area contributed by atoms with Crippen molar-refractivity contribution in [1.82, 2.24) is 9.13 Å². The fourth-order valence-electron chi connectivity index (χ4n) is 1.91. The number of hydrogen-bond donors (Lipinski definition) is 0. The molecule has 106 valence electrons. The van der Waals surface area contributed by atoms with E-state index in [1.807, 2.05) is 0 Å². The summed E-state index contributed by atoms with van der Waals surface area (Å²) in [6, 6.07) is 8.26. The van der Waals surface area contributed by atoms with Gasteiger partial charge in [0.25, 0.3) is 11.5 Å². The lowest BCUT2D eigenvalue weighted by atomic mass is 10.1. The molecular formula is C14H14F2N2O2. The molecule has 0 unspecified atom stereocenters. The topological polar surface area (TPSA) is 44.0 Å². The molecule has 0 bridgehead atoms. The van der Waals surface area contributed by atoms with Crippen LogP contribution in [0, 0.1) is 0 Å². The van der Waals surface area contributed by atoms with Crippen molar-refractivity contribution in [3.8, 4) is 0 Å². The van der Waals surface area contributed by atoms with Gasteiger partial charge in [0.1, 0.15) is 0 Å². The highest BCUT2D eigenvalue weighted by molar-refractivity contribution is 5.19. The molecule has 0 aliphatic rings. The molecule has 0 amide bonds. The number of halogens is 2. The van der Waals surface area contributed by atoms with Crippen LogP contribution in [-0.4, -0.2) is 9.13 Å². The number of aryl methyl sites for hydroxylation is 1. The Morgan fingerprint density at radius 3 is 2.35 bits per heavy atom. The van der Waals surface area contributed by atoms with Crippen LogP contribution in [0.2, 0.25) is 0 Å². The number of alkyl halides is 2. The smallest absolute Gasteiger partial charge is 0.301 e. The van der Waals surface area contributed by atoms with Crippen LogP contribution < -0.4 is 11.2 Å². The van der Waals surface area contributed by atoms with Crippen LogP contribution in [0.1, 0.15) is 12.5 Å². The third kappa shape index (κ3) is 2.68. The maximum Gasteiger partial charge on any atom is 0.331 e. The highest BCUT2D eigenvalue weighted by atomic mass is 19.3. The van der Waals surface area contributed by atoms with Gasteiger partial charge in [-0.25, -0.2) is 4.79 Å². The van der Waals surface area contributed by atoms with Gasteiger partial charge in [-0.1, -0.05) is 30.3 Å². The van der Waals surface area contributed by atoms with Crippen LogP contribution in [0.25, 0.3) is 0 Å². The molecule has 2 rings (SSSR count). The summed E-state index contributed by atoms with van der Waals surface area (Å²) in [6.07, 6.45) is 1.31. The van der Waals surface area contributed by atoms with E-state index in [2.05, 4.69) is 0 Å². The monoisotopic (exact) mass is 280 g/mol. The van der Waals surface area contributed by atoms with Crippen molar-refractivity contribution < 1.29 is 8.78 Å². The molecule has 1 heterocycles. The summed E-state index contributed by atoms with van der Waals surface area (Å²) in [4.78, 5) is 23.6. The van der Waals surface area contributed by atoms with Crippen molar-refractivity contribution in [3.05, 3.63) is 69.0 Å². The first kappa shape index (κ1) is 14.2. The Morgan fingerprint density at radius 1 is 1.10 bits per heavy atom. The first-order chi connectivity index (χ1) is 9.45. The van der Waals surface area contributed by atoms with Crippen LogP contribution >= 0.6 is 0 Å². The molecule has 0 radical (unpaired) electrons. The van der Waals surface area contributed by atoms with Gasteiger partial charge in [-0.15, -0.1) is 0 Å². The maximum absolute atomic E-state index is 14.1. The summed E-state index contributed by atoms with van der Waals surface area (Å²) < 4.78 is 30.0. The van der Waals surface area contributed by atoms with E-state index in [0.717, 1.165) is 6.07 Å². The lowest BCUT2D eigenvalue weighted by Gasteiger charge is -2.18. The summed E-state index contributed by atoms with van der Waals surface area (Å²) in [5.74, 6) is -3.28. The Kier molecular flexibility index (Phi) is 3.83. The quantitative estimate of drug-likeness (QED) is 0.857. The molecule has 2 aromatic rings. The third-order valence-corrected chi connectivity index (χ3v) is 3.03. The van der Waals surface area contributed by atoms with Crippen LogP contribution in [0.15, 0.2) is 52.2 Å². The molecule has 1 aromatic carbocycles. The van der Waals surface area contributed by atoms with Gasteiger partial charge < -0.3 is 4.57 Å². The van der Waals surface area contributed by atoms with Gasteiger partial charge in [-0.2, -0.15) is 8.78 Å². The zero-order valence-electron chi connectivity index (χ0n) is 10.9. The van der Waals surface area contributed by atoms with Crippen molar-refractivity contribution in [2.45, 2.75) is 25.9 Å². The van der Waals surface area contributed by atoms with Crippen LogP contribution in [0.3, 0.4) is 0 Å². The molecular weight excluding hydrogens is 266 g/mol. The second kappa shape index (κ2) is 5.40. The second-order valence-corrected chi connectivity index (χ2v) is 4.38. The summed E-state index contributed by atoms with van der Waals surface area (Å²) >= 11 is 0. The Labute approximate surface area is 113 Å². The molecule has 0 atom stereocenters. The second-order valence-electron chi connectivity index (χ2n) is 4.38. The molecule has 0 aliphatic heterocycles. The minimum atomic E-state index is -3.28. The van der Waals surface area contributed by atoms with Gasteiger partial charge in [0.05, 0.1) is 6.54 Å². The Hall–Kier alpha value is -2.24. The normalized spacial score (nSPS) is 11.6. The van der Waals surface area contributed by atoms with Gasteiger partial charge >= 0.3 is 5.69 Å². The Morgan fingerprint density at radius 2 is 1.75 bits per heavy atom. The highest BCUT2D eigenvalue weighted by Crippen LogP contribution is 2.28. The largest absolute Gasteiger partial charge is 0.331 e. The molecule has 0 fully saturated rings. The molecule has 0 saturated heterocycles. The summed E-state index contributed by atoms with van der Waals surface area (Å²) in [7, 11) is 0. The van der Waals surface area contributed by atoms with E-state index in [-0.39, 0.29) is 5.56 Å². The fraction of sp³-hybridized carbons (Fsp3) is 0.286. The molecule has 0 saturated carbocycles. The molecule has 4 nitrogen and oxygen atoms in total. The fourth-order valence-corrected chi connectivity index (χ4v) is 1.91. The van der Waals surface area contributed by atoms with Gasteiger partial charge in [-0.3, -0.25) is 9.36 Å². The SMILES string of the molecule is CCn1ccc(=O)n(CC(F)(F)c2ccccc2)c1=O. The van der Waals surface area contributed by atoms with Gasteiger partial charge in [0.2, 0.25) is 0 Å². The van der Waals surface area contributed by atoms with Crippen LogP contribution in [-0.2, 0) is 19.0 Å². The molecule has 20 heavy (non-hydrogen) atoms. The van der Waals surface area contributed by atoms with Gasteiger partial charge in [-0.05, 0) is 6.92 Å². The molecule has 0 N–H and O–H groups in total. The van der Waals surface area contributed by atoms with Gasteiger partial charge in [0, 0.05) is 24.4 Å². The first-order valence-corrected chi connectivity index (χ1v) is 6.19. The summed E-state index contributed by atoms with van der Waals surface area (Å²) in [5, 5.41) is 0. The lowest BCUT2D eigenvalue weighted by Crippen LogP contribution is -2.42.